The Hall–Kier alpha value is -0.640. The van der Waals surface area contributed by atoms with Gasteiger partial charge in [-0.05, 0) is 29.8 Å². The van der Waals surface area contributed by atoms with Crippen molar-refractivity contribution in [2.24, 2.45) is 5.73 Å². The number of hydrogen-bond donors (Lipinski definition) is 1. The molecule has 0 spiro atoms. The molecule has 0 saturated carbocycles. The first-order chi connectivity index (χ1) is 9.51. The molecule has 0 atom stereocenters. The summed E-state index contributed by atoms with van der Waals surface area (Å²) in [6, 6.07) is 8.65. The third kappa shape index (κ3) is 3.72. The monoisotopic (exact) mass is 349 g/mol. The molecule has 2 rings (SSSR count). The maximum absolute atomic E-state index is 6.12. The number of benzene rings is 2. The average molecular weight is 351 g/mol. The van der Waals surface area contributed by atoms with E-state index in [0.717, 1.165) is 11.1 Å². The minimum atomic E-state index is 0.289. The van der Waals surface area contributed by atoms with E-state index in [1.165, 1.54) is 0 Å². The van der Waals surface area contributed by atoms with Crippen LogP contribution in [0.15, 0.2) is 30.3 Å². The lowest BCUT2D eigenvalue weighted by molar-refractivity contribution is 0.303. The predicted octanol–water partition coefficient (Wildman–Crippen LogP) is 5.34. The summed E-state index contributed by atoms with van der Waals surface area (Å²) in [5.41, 5.74) is 7.30. The van der Waals surface area contributed by atoms with Crippen molar-refractivity contribution in [3.8, 4) is 5.75 Å². The van der Waals surface area contributed by atoms with Crippen molar-refractivity contribution in [3.63, 3.8) is 0 Å². The molecule has 2 aromatic rings. The first-order valence-electron chi connectivity index (χ1n) is 5.76. The van der Waals surface area contributed by atoms with Crippen LogP contribution in [-0.2, 0) is 13.2 Å². The summed E-state index contributed by atoms with van der Waals surface area (Å²) in [5.74, 6) is 0.532. The van der Waals surface area contributed by atoms with Gasteiger partial charge in [-0.15, -0.1) is 0 Å². The fourth-order valence-electron chi connectivity index (χ4n) is 1.71. The summed E-state index contributed by atoms with van der Waals surface area (Å²) in [5, 5.41) is 1.94. The molecule has 0 aliphatic rings. The lowest BCUT2D eigenvalue weighted by atomic mass is 10.2. The molecule has 106 valence electrons. The van der Waals surface area contributed by atoms with Gasteiger partial charge in [-0.1, -0.05) is 52.5 Å². The number of hydrogen-bond acceptors (Lipinski definition) is 2. The van der Waals surface area contributed by atoms with Gasteiger partial charge in [0.25, 0.3) is 0 Å². The van der Waals surface area contributed by atoms with E-state index < -0.39 is 0 Å². The van der Waals surface area contributed by atoms with E-state index in [-0.39, 0.29) is 6.54 Å². The number of ether oxygens (including phenoxy) is 1. The molecule has 0 radical (unpaired) electrons. The van der Waals surface area contributed by atoms with E-state index in [4.69, 9.17) is 56.9 Å². The molecule has 0 aliphatic heterocycles. The third-order valence-electron chi connectivity index (χ3n) is 2.67. The van der Waals surface area contributed by atoms with Crippen LogP contribution in [0.2, 0.25) is 20.1 Å². The van der Waals surface area contributed by atoms with Crippen molar-refractivity contribution < 1.29 is 4.74 Å². The highest BCUT2D eigenvalue weighted by atomic mass is 35.5. The smallest absolute Gasteiger partial charge is 0.142 e. The van der Waals surface area contributed by atoms with Crippen molar-refractivity contribution in [2.75, 3.05) is 0 Å². The Kier molecular flexibility index (Phi) is 5.42. The highest BCUT2D eigenvalue weighted by molar-refractivity contribution is 6.42. The van der Waals surface area contributed by atoms with Crippen molar-refractivity contribution in [2.45, 2.75) is 13.2 Å². The van der Waals surface area contributed by atoms with Crippen LogP contribution in [0.1, 0.15) is 11.1 Å². The highest BCUT2D eigenvalue weighted by Gasteiger charge is 2.10. The Morgan fingerprint density at radius 3 is 2.30 bits per heavy atom. The second-order valence-electron chi connectivity index (χ2n) is 4.12. The van der Waals surface area contributed by atoms with E-state index in [1.54, 1.807) is 24.3 Å². The first kappa shape index (κ1) is 15.7. The van der Waals surface area contributed by atoms with Crippen molar-refractivity contribution in [1.82, 2.24) is 0 Å². The zero-order valence-corrected chi connectivity index (χ0v) is 13.3. The van der Waals surface area contributed by atoms with Gasteiger partial charge >= 0.3 is 0 Å². The largest absolute Gasteiger partial charge is 0.487 e. The summed E-state index contributed by atoms with van der Waals surface area (Å²) < 4.78 is 5.72. The van der Waals surface area contributed by atoms with Gasteiger partial charge in [-0.3, -0.25) is 0 Å². The van der Waals surface area contributed by atoms with Crippen LogP contribution in [0.5, 0.6) is 5.75 Å². The minimum Gasteiger partial charge on any atom is -0.487 e. The van der Waals surface area contributed by atoms with Gasteiger partial charge in [0.2, 0.25) is 0 Å². The van der Waals surface area contributed by atoms with E-state index in [2.05, 4.69) is 0 Å². The van der Waals surface area contributed by atoms with Gasteiger partial charge in [0.1, 0.15) is 12.4 Å². The van der Waals surface area contributed by atoms with Crippen LogP contribution >= 0.6 is 46.4 Å². The van der Waals surface area contributed by atoms with E-state index >= 15 is 0 Å². The van der Waals surface area contributed by atoms with Gasteiger partial charge in [-0.25, -0.2) is 0 Å². The first-order valence-corrected chi connectivity index (χ1v) is 7.27. The second-order valence-corrected chi connectivity index (χ2v) is 5.78. The van der Waals surface area contributed by atoms with Gasteiger partial charge in [-0.2, -0.15) is 0 Å². The van der Waals surface area contributed by atoms with E-state index in [9.17, 15) is 0 Å². The maximum atomic E-state index is 6.12. The molecule has 0 aromatic heterocycles. The maximum Gasteiger partial charge on any atom is 0.142 e. The van der Waals surface area contributed by atoms with Crippen molar-refractivity contribution in [1.29, 1.82) is 0 Å². The molecule has 0 aliphatic carbocycles. The van der Waals surface area contributed by atoms with E-state index in [1.807, 2.05) is 6.07 Å². The zero-order chi connectivity index (χ0) is 14.7. The van der Waals surface area contributed by atoms with Crippen LogP contribution in [0.3, 0.4) is 0 Å². The molecule has 0 bridgehead atoms. The van der Waals surface area contributed by atoms with Crippen molar-refractivity contribution >= 4 is 46.4 Å². The lowest BCUT2D eigenvalue weighted by Crippen LogP contribution is -2.03. The summed E-state index contributed by atoms with van der Waals surface area (Å²) >= 11 is 23.9. The Morgan fingerprint density at radius 2 is 1.65 bits per heavy atom. The molecule has 20 heavy (non-hydrogen) atoms. The van der Waals surface area contributed by atoms with E-state index in [0.29, 0.717) is 32.4 Å². The molecular formula is C14H11Cl4NO. The third-order valence-corrected chi connectivity index (χ3v) is 3.91. The lowest BCUT2D eigenvalue weighted by Gasteiger charge is -2.13. The molecule has 0 saturated heterocycles. The summed E-state index contributed by atoms with van der Waals surface area (Å²) in [6.07, 6.45) is 0. The quantitative estimate of drug-likeness (QED) is 0.807. The van der Waals surface area contributed by atoms with Crippen molar-refractivity contribution in [3.05, 3.63) is 61.5 Å². The fourth-order valence-corrected chi connectivity index (χ4v) is 2.62. The standard InChI is InChI=1S/C14H11Cl4NO/c15-10-4-9(6-19)14(13(18)5-10)20-7-8-1-2-11(16)12(17)3-8/h1-5H,6-7,19H2. The molecule has 0 fully saturated rings. The summed E-state index contributed by atoms with van der Waals surface area (Å²) in [7, 11) is 0. The molecule has 2 nitrogen and oxygen atoms in total. The molecule has 0 unspecified atom stereocenters. The highest BCUT2D eigenvalue weighted by Crippen LogP contribution is 2.33. The topological polar surface area (TPSA) is 35.2 Å². The summed E-state index contributed by atoms with van der Waals surface area (Å²) in [6.45, 7) is 0.599. The Morgan fingerprint density at radius 1 is 0.900 bits per heavy atom. The normalized spacial score (nSPS) is 10.7. The number of halogens is 4. The fraction of sp³-hybridized carbons (Fsp3) is 0.143. The van der Waals surface area contributed by atoms with Gasteiger partial charge in [0.15, 0.2) is 0 Å². The van der Waals surface area contributed by atoms with Crippen LogP contribution in [0, 0.1) is 0 Å². The average Bonchev–Trinajstić information content (AvgIpc) is 2.40. The molecular weight excluding hydrogens is 340 g/mol. The minimum absolute atomic E-state index is 0.289. The summed E-state index contributed by atoms with van der Waals surface area (Å²) in [4.78, 5) is 0. The second kappa shape index (κ2) is 6.88. The SMILES string of the molecule is NCc1cc(Cl)cc(Cl)c1OCc1ccc(Cl)c(Cl)c1. The molecule has 6 heteroatoms. The van der Waals surface area contributed by atoms with Gasteiger partial charge in [0, 0.05) is 17.1 Å². The van der Waals surface area contributed by atoms with Crippen LogP contribution in [0.4, 0.5) is 0 Å². The Balaban J connectivity index is 2.20. The van der Waals surface area contributed by atoms with Crippen LogP contribution < -0.4 is 10.5 Å². The molecule has 0 amide bonds. The Bertz CT molecular complexity index is 631. The van der Waals surface area contributed by atoms with Crippen LogP contribution in [0.25, 0.3) is 0 Å². The van der Waals surface area contributed by atoms with Crippen LogP contribution in [-0.4, -0.2) is 0 Å². The van der Waals surface area contributed by atoms with Gasteiger partial charge < -0.3 is 10.5 Å². The Labute approximate surface area is 137 Å². The molecule has 0 heterocycles. The predicted molar refractivity (Wildman–Crippen MR) is 85.1 cm³/mol. The molecule has 2 N–H and O–H groups in total. The molecule has 2 aromatic carbocycles. The number of nitrogens with two attached hydrogens (primary N) is 1. The van der Waals surface area contributed by atoms with Gasteiger partial charge in [0.05, 0.1) is 15.1 Å². The zero-order valence-electron chi connectivity index (χ0n) is 10.3. The number of rotatable bonds is 4.